The maximum Gasteiger partial charge on any atom is 0.0591 e. The van der Waals surface area contributed by atoms with E-state index in [-0.39, 0.29) is 0 Å². The molecule has 0 bridgehead atoms. The molecular weight excluding hydrogens is 214 g/mol. The van der Waals surface area contributed by atoms with Crippen LogP contribution < -0.4 is 5.32 Å². The normalized spacial score (nSPS) is 25.8. The molecule has 0 aliphatic heterocycles. The molecule has 3 nitrogen and oxygen atoms in total. The molecule has 0 spiro atoms. The lowest BCUT2D eigenvalue weighted by Crippen LogP contribution is -2.36. The van der Waals surface area contributed by atoms with Gasteiger partial charge < -0.3 is 14.8 Å². The molecule has 1 fully saturated rings. The van der Waals surface area contributed by atoms with Crippen molar-refractivity contribution >= 4 is 0 Å². The average molecular weight is 243 g/mol. The number of hydrogen-bond donors (Lipinski definition) is 1. The Morgan fingerprint density at radius 3 is 2.71 bits per heavy atom. The highest BCUT2D eigenvalue weighted by Crippen LogP contribution is 2.22. The molecule has 2 atom stereocenters. The van der Waals surface area contributed by atoms with Crippen LogP contribution in [0.4, 0.5) is 0 Å². The Morgan fingerprint density at radius 1 is 1.06 bits per heavy atom. The fraction of sp³-hybridized carbons (Fsp3) is 1.00. The van der Waals surface area contributed by atoms with Gasteiger partial charge in [-0.3, -0.25) is 0 Å². The second-order valence-corrected chi connectivity index (χ2v) is 5.13. The van der Waals surface area contributed by atoms with Crippen molar-refractivity contribution in [3.05, 3.63) is 0 Å². The van der Waals surface area contributed by atoms with Crippen LogP contribution in [-0.4, -0.2) is 39.5 Å². The van der Waals surface area contributed by atoms with Gasteiger partial charge in [0.15, 0.2) is 0 Å². The van der Waals surface area contributed by atoms with Crippen LogP contribution in [0.15, 0.2) is 0 Å². The molecule has 3 heteroatoms. The Hall–Kier alpha value is -0.120. The quantitative estimate of drug-likeness (QED) is 0.525. The first-order valence-electron chi connectivity index (χ1n) is 7.14. The molecule has 0 saturated heterocycles. The topological polar surface area (TPSA) is 30.5 Å². The van der Waals surface area contributed by atoms with E-state index in [9.17, 15) is 0 Å². The third kappa shape index (κ3) is 7.02. The third-order valence-corrected chi connectivity index (χ3v) is 3.65. The first-order valence-corrected chi connectivity index (χ1v) is 7.14. The summed E-state index contributed by atoms with van der Waals surface area (Å²) >= 11 is 0. The van der Waals surface area contributed by atoms with Crippen LogP contribution in [0.3, 0.4) is 0 Å². The van der Waals surface area contributed by atoms with Crippen molar-refractivity contribution in [1.82, 2.24) is 5.32 Å². The number of ether oxygens (including phenoxy) is 2. The minimum atomic E-state index is 0.708. The van der Waals surface area contributed by atoms with E-state index in [0.29, 0.717) is 6.04 Å². The Labute approximate surface area is 106 Å². The van der Waals surface area contributed by atoms with Crippen molar-refractivity contribution in [3.8, 4) is 0 Å². The van der Waals surface area contributed by atoms with Gasteiger partial charge in [-0.25, -0.2) is 0 Å². The van der Waals surface area contributed by atoms with Gasteiger partial charge in [-0.1, -0.05) is 26.2 Å². The van der Waals surface area contributed by atoms with Gasteiger partial charge in [-0.15, -0.1) is 0 Å². The summed E-state index contributed by atoms with van der Waals surface area (Å²) in [7, 11) is 1.73. The monoisotopic (exact) mass is 243 g/mol. The van der Waals surface area contributed by atoms with E-state index in [1.807, 2.05) is 0 Å². The molecule has 0 aromatic carbocycles. The number of hydrogen-bond acceptors (Lipinski definition) is 3. The summed E-state index contributed by atoms with van der Waals surface area (Å²) in [4.78, 5) is 0. The van der Waals surface area contributed by atoms with Gasteiger partial charge in [0, 0.05) is 32.9 Å². The highest BCUT2D eigenvalue weighted by Gasteiger charge is 2.18. The largest absolute Gasteiger partial charge is 0.385 e. The molecule has 102 valence electrons. The van der Waals surface area contributed by atoms with Crippen molar-refractivity contribution in [1.29, 1.82) is 0 Å². The first kappa shape index (κ1) is 14.9. The van der Waals surface area contributed by atoms with Crippen LogP contribution in [0.1, 0.15) is 45.4 Å². The summed E-state index contributed by atoms with van der Waals surface area (Å²) in [6, 6.07) is 0.708. The summed E-state index contributed by atoms with van der Waals surface area (Å²) in [5.74, 6) is 0.825. The van der Waals surface area contributed by atoms with E-state index in [4.69, 9.17) is 9.47 Å². The van der Waals surface area contributed by atoms with Gasteiger partial charge >= 0.3 is 0 Å². The molecule has 2 unspecified atom stereocenters. The molecule has 0 heterocycles. The summed E-state index contributed by atoms with van der Waals surface area (Å²) in [6.07, 6.45) is 7.92. The number of nitrogens with one attached hydrogen (secondary N) is 1. The van der Waals surface area contributed by atoms with E-state index in [0.717, 1.165) is 38.7 Å². The zero-order valence-electron chi connectivity index (χ0n) is 11.5. The lowest BCUT2D eigenvalue weighted by Gasteiger charge is -2.22. The maximum atomic E-state index is 5.55. The Balaban J connectivity index is 1.97. The molecule has 1 aliphatic carbocycles. The zero-order chi connectivity index (χ0) is 12.3. The minimum absolute atomic E-state index is 0.708. The third-order valence-electron chi connectivity index (χ3n) is 3.65. The van der Waals surface area contributed by atoms with Crippen LogP contribution >= 0.6 is 0 Å². The van der Waals surface area contributed by atoms with Crippen molar-refractivity contribution in [2.24, 2.45) is 5.92 Å². The second-order valence-electron chi connectivity index (χ2n) is 5.13. The van der Waals surface area contributed by atoms with Crippen LogP contribution in [0.25, 0.3) is 0 Å². The van der Waals surface area contributed by atoms with Gasteiger partial charge in [-0.05, 0) is 25.2 Å². The summed E-state index contributed by atoms with van der Waals surface area (Å²) in [5.41, 5.74) is 0. The summed E-state index contributed by atoms with van der Waals surface area (Å²) < 4.78 is 10.5. The van der Waals surface area contributed by atoms with Crippen molar-refractivity contribution in [2.45, 2.75) is 51.5 Å². The van der Waals surface area contributed by atoms with Crippen LogP contribution in [0, 0.1) is 5.92 Å². The van der Waals surface area contributed by atoms with Gasteiger partial charge in [0.2, 0.25) is 0 Å². The molecule has 0 aromatic heterocycles. The highest BCUT2D eigenvalue weighted by atomic mass is 16.5. The van der Waals surface area contributed by atoms with E-state index < -0.39 is 0 Å². The van der Waals surface area contributed by atoms with Gasteiger partial charge in [0.25, 0.3) is 0 Å². The SMILES string of the molecule is COCCCOCCNC1CCCCCC1C. The standard InChI is InChI=1S/C14H29NO2/c1-13-7-4-3-5-8-14(13)15-9-12-17-11-6-10-16-2/h13-15H,3-12H2,1-2H3. The molecule has 0 amide bonds. The van der Waals surface area contributed by atoms with Crippen molar-refractivity contribution in [2.75, 3.05) is 33.5 Å². The van der Waals surface area contributed by atoms with Crippen LogP contribution in [-0.2, 0) is 9.47 Å². The first-order chi connectivity index (χ1) is 8.34. The lowest BCUT2D eigenvalue weighted by molar-refractivity contribution is 0.102. The van der Waals surface area contributed by atoms with E-state index in [1.165, 1.54) is 32.1 Å². The number of methoxy groups -OCH3 is 1. The second kappa shape index (κ2) is 9.86. The molecule has 0 aromatic rings. The smallest absolute Gasteiger partial charge is 0.0591 e. The fourth-order valence-corrected chi connectivity index (χ4v) is 2.52. The zero-order valence-corrected chi connectivity index (χ0v) is 11.5. The van der Waals surface area contributed by atoms with Gasteiger partial charge in [0.1, 0.15) is 0 Å². The molecule has 1 N–H and O–H groups in total. The maximum absolute atomic E-state index is 5.55. The Kier molecular flexibility index (Phi) is 8.67. The van der Waals surface area contributed by atoms with E-state index in [1.54, 1.807) is 7.11 Å². The molecular formula is C14H29NO2. The predicted molar refractivity (Wildman–Crippen MR) is 71.4 cm³/mol. The van der Waals surface area contributed by atoms with Gasteiger partial charge in [-0.2, -0.15) is 0 Å². The molecule has 1 aliphatic rings. The Morgan fingerprint density at radius 2 is 1.88 bits per heavy atom. The van der Waals surface area contributed by atoms with Crippen molar-refractivity contribution in [3.63, 3.8) is 0 Å². The minimum Gasteiger partial charge on any atom is -0.385 e. The molecule has 1 saturated carbocycles. The summed E-state index contributed by atoms with van der Waals surface area (Å²) in [6.45, 7) is 5.81. The van der Waals surface area contributed by atoms with E-state index in [2.05, 4.69) is 12.2 Å². The highest BCUT2D eigenvalue weighted by molar-refractivity contribution is 4.76. The lowest BCUT2D eigenvalue weighted by atomic mass is 9.97. The molecule has 17 heavy (non-hydrogen) atoms. The van der Waals surface area contributed by atoms with Gasteiger partial charge in [0.05, 0.1) is 6.61 Å². The van der Waals surface area contributed by atoms with Crippen LogP contribution in [0.2, 0.25) is 0 Å². The summed E-state index contributed by atoms with van der Waals surface area (Å²) in [5, 5.41) is 3.65. The fourth-order valence-electron chi connectivity index (χ4n) is 2.52. The predicted octanol–water partition coefficient (Wildman–Crippen LogP) is 2.60. The molecule has 0 radical (unpaired) electrons. The van der Waals surface area contributed by atoms with Crippen LogP contribution in [0.5, 0.6) is 0 Å². The van der Waals surface area contributed by atoms with E-state index >= 15 is 0 Å². The van der Waals surface area contributed by atoms with Crippen molar-refractivity contribution < 1.29 is 9.47 Å². The molecule has 1 rings (SSSR count). The number of rotatable bonds is 8. The Bertz CT molecular complexity index is 176. The average Bonchev–Trinajstić information content (AvgIpc) is 2.53.